The van der Waals surface area contributed by atoms with Crippen LogP contribution in [0.15, 0.2) is 6.33 Å². The summed E-state index contributed by atoms with van der Waals surface area (Å²) in [6.07, 6.45) is 6.76. The zero-order valence-corrected chi connectivity index (χ0v) is 10.5. The molecule has 1 saturated carbocycles. The normalized spacial score (nSPS) is 19.9. The van der Waals surface area contributed by atoms with Gasteiger partial charge in [0, 0.05) is 26.6 Å². The van der Waals surface area contributed by atoms with Crippen molar-refractivity contribution in [2.45, 2.75) is 43.7 Å². The van der Waals surface area contributed by atoms with Crippen LogP contribution in [-0.2, 0) is 18.2 Å². The van der Waals surface area contributed by atoms with Crippen molar-refractivity contribution in [1.82, 2.24) is 20.2 Å². The molecule has 6 heteroatoms. The van der Waals surface area contributed by atoms with Gasteiger partial charge in [0.2, 0.25) is 0 Å². The van der Waals surface area contributed by atoms with Crippen molar-refractivity contribution in [3.8, 4) is 0 Å². The number of aromatic nitrogens is 3. The zero-order valence-electron chi connectivity index (χ0n) is 10.5. The number of rotatable bonds is 6. The van der Waals surface area contributed by atoms with Crippen LogP contribution < -0.4 is 11.3 Å². The maximum Gasteiger partial charge on any atom is 0.138 e. The molecule has 2 rings (SSSR count). The van der Waals surface area contributed by atoms with Crippen LogP contribution in [0.2, 0.25) is 0 Å². The van der Waals surface area contributed by atoms with Gasteiger partial charge in [-0.05, 0) is 25.7 Å². The van der Waals surface area contributed by atoms with Crippen molar-refractivity contribution < 1.29 is 4.74 Å². The van der Waals surface area contributed by atoms with Gasteiger partial charge in [0.25, 0.3) is 0 Å². The number of hydrazine groups is 1. The largest absolute Gasteiger partial charge is 0.378 e. The Morgan fingerprint density at radius 2 is 2.41 bits per heavy atom. The number of hydrogen-bond donors (Lipinski definition) is 2. The molecule has 0 spiro atoms. The van der Waals surface area contributed by atoms with E-state index in [1.54, 1.807) is 18.1 Å². The fourth-order valence-electron chi connectivity index (χ4n) is 2.43. The first-order chi connectivity index (χ1) is 8.19. The van der Waals surface area contributed by atoms with E-state index in [4.69, 9.17) is 10.6 Å². The van der Waals surface area contributed by atoms with Gasteiger partial charge in [0.1, 0.15) is 12.2 Å². The average molecular weight is 239 g/mol. The minimum absolute atomic E-state index is 0.0234. The van der Waals surface area contributed by atoms with Crippen molar-refractivity contribution in [3.05, 3.63) is 12.2 Å². The first-order valence-electron chi connectivity index (χ1n) is 6.03. The summed E-state index contributed by atoms with van der Waals surface area (Å²) in [4.78, 5) is 4.22. The standard InChI is InChI=1S/C11H21N5O/c1-16-10(13-8-14-16)6-9(15-12)7-11(17-2)4-3-5-11/h8-9,15H,3-7,12H2,1-2H3. The predicted molar refractivity (Wildman–Crippen MR) is 64.0 cm³/mol. The molecule has 1 aliphatic carbocycles. The number of hydrogen-bond acceptors (Lipinski definition) is 5. The van der Waals surface area contributed by atoms with Gasteiger partial charge < -0.3 is 4.74 Å². The smallest absolute Gasteiger partial charge is 0.138 e. The van der Waals surface area contributed by atoms with Crippen molar-refractivity contribution in [2.24, 2.45) is 12.9 Å². The van der Waals surface area contributed by atoms with Gasteiger partial charge in [-0.1, -0.05) is 0 Å². The molecule has 6 nitrogen and oxygen atoms in total. The van der Waals surface area contributed by atoms with Crippen LogP contribution in [0.4, 0.5) is 0 Å². The molecule has 1 aromatic heterocycles. The molecule has 17 heavy (non-hydrogen) atoms. The fourth-order valence-corrected chi connectivity index (χ4v) is 2.43. The van der Waals surface area contributed by atoms with Gasteiger partial charge in [0.05, 0.1) is 5.60 Å². The van der Waals surface area contributed by atoms with E-state index in [2.05, 4.69) is 15.5 Å². The highest BCUT2D eigenvalue weighted by atomic mass is 16.5. The summed E-state index contributed by atoms with van der Waals surface area (Å²) in [5, 5.41) is 4.06. The molecule has 0 bridgehead atoms. The van der Waals surface area contributed by atoms with E-state index in [1.165, 1.54) is 6.42 Å². The van der Waals surface area contributed by atoms with Crippen LogP contribution >= 0.6 is 0 Å². The minimum Gasteiger partial charge on any atom is -0.378 e. The molecule has 0 aliphatic heterocycles. The molecule has 0 amide bonds. The second-order valence-electron chi connectivity index (χ2n) is 4.81. The summed E-state index contributed by atoms with van der Waals surface area (Å²) in [5.41, 5.74) is 2.89. The summed E-state index contributed by atoms with van der Waals surface area (Å²) in [5.74, 6) is 6.56. The van der Waals surface area contributed by atoms with E-state index in [0.29, 0.717) is 0 Å². The van der Waals surface area contributed by atoms with Gasteiger partial charge in [-0.2, -0.15) is 5.10 Å². The van der Waals surface area contributed by atoms with E-state index in [9.17, 15) is 0 Å². The molecule has 1 atom stereocenters. The van der Waals surface area contributed by atoms with E-state index < -0.39 is 0 Å². The maximum absolute atomic E-state index is 5.62. The summed E-state index contributed by atoms with van der Waals surface area (Å²) >= 11 is 0. The third-order valence-corrected chi connectivity index (χ3v) is 3.79. The Morgan fingerprint density at radius 3 is 2.82 bits per heavy atom. The summed E-state index contributed by atoms with van der Waals surface area (Å²) in [6, 6.07) is 0.179. The molecule has 0 saturated heterocycles. The Balaban J connectivity index is 1.95. The Kier molecular flexibility index (Phi) is 3.76. The van der Waals surface area contributed by atoms with Crippen molar-refractivity contribution in [3.63, 3.8) is 0 Å². The number of methoxy groups -OCH3 is 1. The van der Waals surface area contributed by atoms with Crippen LogP contribution in [-0.4, -0.2) is 33.5 Å². The van der Waals surface area contributed by atoms with Gasteiger partial charge in [-0.15, -0.1) is 0 Å². The maximum atomic E-state index is 5.62. The molecular formula is C11H21N5O. The topological polar surface area (TPSA) is 78.0 Å². The zero-order chi connectivity index (χ0) is 12.3. The van der Waals surface area contributed by atoms with Crippen LogP contribution in [0.25, 0.3) is 0 Å². The summed E-state index contributed by atoms with van der Waals surface area (Å²) in [7, 11) is 3.68. The molecular weight excluding hydrogens is 218 g/mol. The number of nitrogens with one attached hydrogen (secondary N) is 1. The van der Waals surface area contributed by atoms with E-state index in [-0.39, 0.29) is 11.6 Å². The van der Waals surface area contributed by atoms with Crippen molar-refractivity contribution in [2.75, 3.05) is 7.11 Å². The van der Waals surface area contributed by atoms with Crippen molar-refractivity contribution in [1.29, 1.82) is 0 Å². The van der Waals surface area contributed by atoms with Crippen LogP contribution in [0.5, 0.6) is 0 Å². The lowest BCUT2D eigenvalue weighted by Gasteiger charge is -2.42. The van der Waals surface area contributed by atoms with Crippen LogP contribution in [0.3, 0.4) is 0 Å². The molecule has 1 aliphatic rings. The minimum atomic E-state index is 0.0234. The Bertz CT molecular complexity index is 355. The highest BCUT2D eigenvalue weighted by Gasteiger charge is 2.39. The molecule has 1 heterocycles. The fraction of sp³-hybridized carbons (Fsp3) is 0.818. The van der Waals surface area contributed by atoms with Gasteiger partial charge in [0.15, 0.2) is 0 Å². The molecule has 96 valence electrons. The van der Waals surface area contributed by atoms with Gasteiger partial charge >= 0.3 is 0 Å². The molecule has 1 aromatic rings. The molecule has 1 unspecified atom stereocenters. The van der Waals surface area contributed by atoms with E-state index >= 15 is 0 Å². The Morgan fingerprint density at radius 1 is 1.65 bits per heavy atom. The lowest BCUT2D eigenvalue weighted by atomic mass is 9.75. The molecule has 0 aromatic carbocycles. The summed E-state index contributed by atoms with van der Waals surface area (Å²) in [6.45, 7) is 0. The monoisotopic (exact) mass is 239 g/mol. The molecule has 3 N–H and O–H groups in total. The van der Waals surface area contributed by atoms with Gasteiger partial charge in [-0.25, -0.2) is 4.98 Å². The second kappa shape index (κ2) is 5.12. The number of ether oxygens (including phenoxy) is 1. The number of nitrogens with two attached hydrogens (primary N) is 1. The number of nitrogens with zero attached hydrogens (tertiary/aromatic N) is 3. The SMILES string of the molecule is COC1(CC(Cc2ncnn2C)NN)CCC1. The third-order valence-electron chi connectivity index (χ3n) is 3.79. The van der Waals surface area contributed by atoms with E-state index in [1.807, 2.05) is 7.05 Å². The van der Waals surface area contributed by atoms with Gasteiger partial charge in [-0.3, -0.25) is 16.0 Å². The predicted octanol–water partition coefficient (Wildman–Crippen LogP) is 0.149. The highest BCUT2D eigenvalue weighted by molar-refractivity contribution is 4.96. The Hall–Kier alpha value is -0.980. The first kappa shape index (κ1) is 12.5. The lowest BCUT2D eigenvalue weighted by molar-refractivity contribution is -0.0835. The number of aryl methyl sites for hydroxylation is 1. The average Bonchev–Trinajstić information content (AvgIpc) is 2.68. The first-order valence-corrected chi connectivity index (χ1v) is 6.03. The molecule has 1 fully saturated rings. The molecule has 0 radical (unpaired) electrons. The van der Waals surface area contributed by atoms with E-state index in [0.717, 1.165) is 31.5 Å². The third kappa shape index (κ3) is 2.65. The van der Waals surface area contributed by atoms with Crippen LogP contribution in [0.1, 0.15) is 31.5 Å². The highest BCUT2D eigenvalue weighted by Crippen LogP contribution is 2.39. The van der Waals surface area contributed by atoms with Crippen LogP contribution in [0, 0.1) is 0 Å². The van der Waals surface area contributed by atoms with Crippen molar-refractivity contribution >= 4 is 0 Å². The second-order valence-corrected chi connectivity index (χ2v) is 4.81. The quantitative estimate of drug-likeness (QED) is 0.546. The lowest BCUT2D eigenvalue weighted by Crippen LogP contribution is -2.48. The Labute approximate surface area is 102 Å². The summed E-state index contributed by atoms with van der Waals surface area (Å²) < 4.78 is 7.40.